The molecule has 0 bridgehead atoms. The summed E-state index contributed by atoms with van der Waals surface area (Å²) < 4.78 is 1.80. The summed E-state index contributed by atoms with van der Waals surface area (Å²) >= 11 is 0. The molecule has 1 aromatic rings. The van der Waals surface area contributed by atoms with Crippen molar-refractivity contribution in [2.24, 2.45) is 7.05 Å². The van der Waals surface area contributed by atoms with Gasteiger partial charge in [0.25, 0.3) is 0 Å². The molecule has 76 valence electrons. The number of carbonyl (C=O) groups excluding carboxylic acids is 1. The fraction of sp³-hybridized carbons (Fsp3) is 0.636. The summed E-state index contributed by atoms with van der Waals surface area (Å²) in [7, 11) is 1.91. The highest BCUT2D eigenvalue weighted by atomic mass is 16.1. The quantitative estimate of drug-likeness (QED) is 0.681. The highest BCUT2D eigenvalue weighted by molar-refractivity contribution is 5.86. The first kappa shape index (κ1) is 9.44. The number of aromatic nitrogens is 2. The van der Waals surface area contributed by atoms with E-state index in [0.717, 1.165) is 30.5 Å². The molecule has 1 heterocycles. The SMILES string of the molecule is Cc1nn(C)cc1C1CCCCC1=O. The molecule has 1 atom stereocenters. The smallest absolute Gasteiger partial charge is 0.140 e. The van der Waals surface area contributed by atoms with Crippen LogP contribution in [0.2, 0.25) is 0 Å². The molecule has 14 heavy (non-hydrogen) atoms. The van der Waals surface area contributed by atoms with Crippen molar-refractivity contribution in [1.82, 2.24) is 9.78 Å². The van der Waals surface area contributed by atoms with Crippen LogP contribution in [0.15, 0.2) is 6.20 Å². The summed E-state index contributed by atoms with van der Waals surface area (Å²) in [4.78, 5) is 11.7. The molecule has 0 amide bonds. The van der Waals surface area contributed by atoms with Crippen molar-refractivity contribution in [3.8, 4) is 0 Å². The van der Waals surface area contributed by atoms with E-state index in [4.69, 9.17) is 0 Å². The fourth-order valence-corrected chi connectivity index (χ4v) is 2.27. The van der Waals surface area contributed by atoms with Gasteiger partial charge in [-0.3, -0.25) is 9.48 Å². The van der Waals surface area contributed by atoms with E-state index in [1.165, 1.54) is 6.42 Å². The van der Waals surface area contributed by atoms with Crippen LogP contribution in [0, 0.1) is 6.92 Å². The molecule has 0 spiro atoms. The van der Waals surface area contributed by atoms with Gasteiger partial charge in [0.1, 0.15) is 5.78 Å². The molecule has 1 fully saturated rings. The number of aryl methyl sites for hydroxylation is 2. The van der Waals surface area contributed by atoms with E-state index >= 15 is 0 Å². The third-order valence-electron chi connectivity index (χ3n) is 2.98. The van der Waals surface area contributed by atoms with Crippen molar-refractivity contribution in [2.45, 2.75) is 38.5 Å². The molecule has 1 aromatic heterocycles. The van der Waals surface area contributed by atoms with Crippen LogP contribution in [0.1, 0.15) is 42.9 Å². The Bertz CT molecular complexity index is 354. The second-order valence-corrected chi connectivity index (χ2v) is 4.11. The molecule has 0 radical (unpaired) electrons. The van der Waals surface area contributed by atoms with Gasteiger partial charge in [-0.2, -0.15) is 5.10 Å². The van der Waals surface area contributed by atoms with Crippen molar-refractivity contribution in [1.29, 1.82) is 0 Å². The molecular formula is C11H16N2O. The average molecular weight is 192 g/mol. The zero-order valence-corrected chi connectivity index (χ0v) is 8.79. The van der Waals surface area contributed by atoms with E-state index in [9.17, 15) is 4.79 Å². The number of hydrogen-bond acceptors (Lipinski definition) is 2. The van der Waals surface area contributed by atoms with Crippen LogP contribution in [0.3, 0.4) is 0 Å². The van der Waals surface area contributed by atoms with Crippen LogP contribution in [0.25, 0.3) is 0 Å². The fourth-order valence-electron chi connectivity index (χ4n) is 2.27. The molecule has 3 nitrogen and oxygen atoms in total. The lowest BCUT2D eigenvalue weighted by atomic mass is 9.83. The van der Waals surface area contributed by atoms with Crippen LogP contribution >= 0.6 is 0 Å². The van der Waals surface area contributed by atoms with Gasteiger partial charge in [0.15, 0.2) is 0 Å². The van der Waals surface area contributed by atoms with Crippen LogP contribution in [-0.4, -0.2) is 15.6 Å². The van der Waals surface area contributed by atoms with Crippen LogP contribution < -0.4 is 0 Å². The van der Waals surface area contributed by atoms with Crippen LogP contribution in [-0.2, 0) is 11.8 Å². The first-order valence-corrected chi connectivity index (χ1v) is 5.21. The minimum absolute atomic E-state index is 0.123. The van der Waals surface area contributed by atoms with Gasteiger partial charge >= 0.3 is 0 Å². The number of hydrogen-bond donors (Lipinski definition) is 0. The topological polar surface area (TPSA) is 34.9 Å². The lowest BCUT2D eigenvalue weighted by Gasteiger charge is -2.19. The van der Waals surface area contributed by atoms with Crippen molar-refractivity contribution in [3.05, 3.63) is 17.5 Å². The molecule has 1 aliphatic carbocycles. The Morgan fingerprint density at radius 1 is 1.50 bits per heavy atom. The van der Waals surface area contributed by atoms with Crippen LogP contribution in [0.5, 0.6) is 0 Å². The molecule has 1 saturated carbocycles. The van der Waals surface area contributed by atoms with Gasteiger partial charge < -0.3 is 0 Å². The lowest BCUT2D eigenvalue weighted by Crippen LogP contribution is -2.17. The second-order valence-electron chi connectivity index (χ2n) is 4.11. The molecular weight excluding hydrogens is 176 g/mol. The number of rotatable bonds is 1. The van der Waals surface area contributed by atoms with Gasteiger partial charge in [-0.25, -0.2) is 0 Å². The van der Waals surface area contributed by atoms with Crippen molar-refractivity contribution in [2.75, 3.05) is 0 Å². The Hall–Kier alpha value is -1.12. The van der Waals surface area contributed by atoms with Gasteiger partial charge in [-0.1, -0.05) is 6.42 Å². The van der Waals surface area contributed by atoms with Gasteiger partial charge in [0.05, 0.1) is 5.69 Å². The minimum Gasteiger partial charge on any atom is -0.299 e. The van der Waals surface area contributed by atoms with Crippen molar-refractivity contribution < 1.29 is 4.79 Å². The third kappa shape index (κ3) is 1.59. The molecule has 1 aliphatic rings. The molecule has 2 rings (SSSR count). The Morgan fingerprint density at radius 2 is 2.29 bits per heavy atom. The number of Topliss-reactive ketones (excluding diaryl/α,β-unsaturated/α-hetero) is 1. The predicted octanol–water partition coefficient (Wildman–Crippen LogP) is 1.96. The molecule has 1 unspecified atom stereocenters. The van der Waals surface area contributed by atoms with E-state index in [1.807, 2.05) is 20.2 Å². The summed E-state index contributed by atoms with van der Waals surface area (Å²) in [5.41, 5.74) is 2.14. The maximum Gasteiger partial charge on any atom is 0.140 e. The van der Waals surface area contributed by atoms with Crippen LogP contribution in [0.4, 0.5) is 0 Å². The highest BCUT2D eigenvalue weighted by Gasteiger charge is 2.26. The average Bonchev–Trinajstić information content (AvgIpc) is 2.46. The van der Waals surface area contributed by atoms with Gasteiger partial charge in [0, 0.05) is 31.1 Å². The Labute approximate surface area is 84.1 Å². The van der Waals surface area contributed by atoms with Gasteiger partial charge in [0.2, 0.25) is 0 Å². The van der Waals surface area contributed by atoms with E-state index < -0.39 is 0 Å². The van der Waals surface area contributed by atoms with E-state index in [2.05, 4.69) is 5.10 Å². The Kier molecular flexibility index (Phi) is 2.40. The maximum atomic E-state index is 11.7. The second kappa shape index (κ2) is 3.56. The summed E-state index contributed by atoms with van der Waals surface area (Å²) in [5.74, 6) is 0.518. The van der Waals surface area contributed by atoms with Gasteiger partial charge in [-0.05, 0) is 19.8 Å². The normalized spacial score (nSPS) is 22.7. The Balaban J connectivity index is 2.28. The van der Waals surface area contributed by atoms with Gasteiger partial charge in [-0.15, -0.1) is 0 Å². The first-order valence-electron chi connectivity index (χ1n) is 5.21. The molecule has 0 aromatic carbocycles. The molecule has 0 aliphatic heterocycles. The standard InChI is InChI=1S/C11H16N2O/c1-8-10(7-13(2)12-8)9-5-3-4-6-11(9)14/h7,9H,3-6H2,1-2H3. The number of nitrogens with zero attached hydrogens (tertiary/aromatic N) is 2. The number of ketones is 1. The van der Waals surface area contributed by atoms with E-state index in [0.29, 0.717) is 5.78 Å². The maximum absolute atomic E-state index is 11.7. The number of carbonyl (C=O) groups is 1. The van der Waals surface area contributed by atoms with E-state index in [-0.39, 0.29) is 5.92 Å². The minimum atomic E-state index is 0.123. The first-order chi connectivity index (χ1) is 6.68. The summed E-state index contributed by atoms with van der Waals surface area (Å²) in [6, 6.07) is 0. The predicted molar refractivity (Wildman–Crippen MR) is 54.2 cm³/mol. The third-order valence-corrected chi connectivity index (χ3v) is 2.98. The Morgan fingerprint density at radius 3 is 2.86 bits per heavy atom. The zero-order chi connectivity index (χ0) is 10.1. The largest absolute Gasteiger partial charge is 0.299 e. The molecule has 3 heteroatoms. The highest BCUT2D eigenvalue weighted by Crippen LogP contribution is 2.31. The monoisotopic (exact) mass is 192 g/mol. The molecule has 0 N–H and O–H groups in total. The summed E-state index contributed by atoms with van der Waals surface area (Å²) in [6.07, 6.45) is 5.98. The lowest BCUT2D eigenvalue weighted by molar-refractivity contribution is -0.121. The summed E-state index contributed by atoms with van der Waals surface area (Å²) in [5, 5.41) is 4.29. The zero-order valence-electron chi connectivity index (χ0n) is 8.79. The van der Waals surface area contributed by atoms with E-state index in [1.54, 1.807) is 4.68 Å². The molecule has 0 saturated heterocycles. The summed E-state index contributed by atoms with van der Waals surface area (Å²) in [6.45, 7) is 1.98. The van der Waals surface area contributed by atoms with Crippen molar-refractivity contribution >= 4 is 5.78 Å². The van der Waals surface area contributed by atoms with Crippen molar-refractivity contribution in [3.63, 3.8) is 0 Å².